The average molecular weight is 293 g/mol. The number of fused-ring (bicyclic) bond motifs is 1. The van der Waals surface area contributed by atoms with E-state index in [0.29, 0.717) is 5.56 Å². The van der Waals surface area contributed by atoms with Gasteiger partial charge in [0.1, 0.15) is 0 Å². The molecular formula is C16H11ClF2O. The second-order valence-corrected chi connectivity index (χ2v) is 5.32. The lowest BCUT2D eigenvalue weighted by atomic mass is 9.99. The number of ketones is 1. The van der Waals surface area contributed by atoms with Crippen LogP contribution in [0.15, 0.2) is 30.3 Å². The fourth-order valence-corrected chi connectivity index (χ4v) is 2.80. The van der Waals surface area contributed by atoms with Crippen LogP contribution in [0.25, 0.3) is 0 Å². The minimum atomic E-state index is -1.07. The molecule has 0 saturated carbocycles. The maximum absolute atomic E-state index is 13.3. The van der Waals surface area contributed by atoms with Crippen LogP contribution in [0.2, 0.25) is 5.02 Å². The molecule has 20 heavy (non-hydrogen) atoms. The molecule has 2 aromatic carbocycles. The minimum absolute atomic E-state index is 0.0106. The molecule has 0 unspecified atom stereocenters. The topological polar surface area (TPSA) is 17.1 Å². The van der Waals surface area contributed by atoms with E-state index in [1.54, 1.807) is 6.07 Å². The summed E-state index contributed by atoms with van der Waals surface area (Å²) in [4.78, 5) is 12.4. The van der Waals surface area contributed by atoms with Crippen LogP contribution in [0.4, 0.5) is 8.78 Å². The van der Waals surface area contributed by atoms with E-state index in [0.717, 1.165) is 37.0 Å². The Morgan fingerprint density at radius 3 is 2.50 bits per heavy atom. The summed E-state index contributed by atoms with van der Waals surface area (Å²) in [5.74, 6) is -2.51. The maximum atomic E-state index is 13.3. The molecular weight excluding hydrogens is 282 g/mol. The first-order valence-corrected chi connectivity index (χ1v) is 6.75. The van der Waals surface area contributed by atoms with E-state index in [9.17, 15) is 13.6 Å². The van der Waals surface area contributed by atoms with Crippen molar-refractivity contribution in [3.63, 3.8) is 0 Å². The standard InChI is InChI=1S/C16H11ClF2O/c17-13-8-15(19)14(18)7-12(13)16(20)11-5-4-9-2-1-3-10(9)6-11/h4-8H,1-3H2. The van der Waals surface area contributed by atoms with Crippen molar-refractivity contribution in [1.29, 1.82) is 0 Å². The van der Waals surface area contributed by atoms with Gasteiger partial charge >= 0.3 is 0 Å². The highest BCUT2D eigenvalue weighted by atomic mass is 35.5. The van der Waals surface area contributed by atoms with E-state index < -0.39 is 11.6 Å². The Hall–Kier alpha value is -1.74. The van der Waals surface area contributed by atoms with Crippen molar-refractivity contribution in [1.82, 2.24) is 0 Å². The quantitative estimate of drug-likeness (QED) is 0.594. The summed E-state index contributed by atoms with van der Waals surface area (Å²) in [6, 6.07) is 7.14. The molecule has 0 fully saturated rings. The van der Waals surface area contributed by atoms with E-state index in [1.165, 1.54) is 5.56 Å². The molecule has 2 aromatic rings. The van der Waals surface area contributed by atoms with Crippen LogP contribution in [0.1, 0.15) is 33.5 Å². The first-order valence-electron chi connectivity index (χ1n) is 6.37. The highest BCUT2D eigenvalue weighted by Gasteiger charge is 2.19. The van der Waals surface area contributed by atoms with Gasteiger partial charge < -0.3 is 0 Å². The van der Waals surface area contributed by atoms with Crippen molar-refractivity contribution in [2.45, 2.75) is 19.3 Å². The fraction of sp³-hybridized carbons (Fsp3) is 0.188. The molecule has 0 atom stereocenters. The molecule has 0 aliphatic heterocycles. The molecule has 0 N–H and O–H groups in total. The second kappa shape index (κ2) is 4.98. The van der Waals surface area contributed by atoms with E-state index in [4.69, 9.17) is 11.6 Å². The lowest BCUT2D eigenvalue weighted by Crippen LogP contribution is -2.05. The number of halogens is 3. The van der Waals surface area contributed by atoms with Crippen molar-refractivity contribution in [3.8, 4) is 0 Å². The van der Waals surface area contributed by atoms with Gasteiger partial charge in [-0.1, -0.05) is 23.7 Å². The summed E-state index contributed by atoms with van der Waals surface area (Å²) in [5, 5.41) is -0.0746. The largest absolute Gasteiger partial charge is 0.289 e. The molecule has 102 valence electrons. The van der Waals surface area contributed by atoms with Gasteiger partial charge in [-0.2, -0.15) is 0 Å². The molecule has 4 heteroatoms. The molecule has 1 aliphatic carbocycles. The molecule has 0 aromatic heterocycles. The van der Waals surface area contributed by atoms with Crippen LogP contribution in [-0.4, -0.2) is 5.78 Å². The molecule has 1 aliphatic rings. The number of aryl methyl sites for hydroxylation is 2. The van der Waals surface area contributed by atoms with E-state index in [1.807, 2.05) is 12.1 Å². The van der Waals surface area contributed by atoms with Crippen LogP contribution in [-0.2, 0) is 12.8 Å². The zero-order valence-electron chi connectivity index (χ0n) is 10.6. The van der Waals surface area contributed by atoms with Gasteiger partial charge in [-0.3, -0.25) is 4.79 Å². The third-order valence-electron chi connectivity index (χ3n) is 3.62. The highest BCUT2D eigenvalue weighted by molar-refractivity contribution is 6.35. The molecule has 3 rings (SSSR count). The fourth-order valence-electron chi connectivity index (χ4n) is 2.57. The van der Waals surface area contributed by atoms with Crippen molar-refractivity contribution >= 4 is 17.4 Å². The SMILES string of the molecule is O=C(c1ccc2c(c1)CCC2)c1cc(F)c(F)cc1Cl. The van der Waals surface area contributed by atoms with Crippen molar-refractivity contribution in [2.24, 2.45) is 0 Å². The lowest BCUT2D eigenvalue weighted by Gasteiger charge is -2.07. The maximum Gasteiger partial charge on any atom is 0.194 e. The molecule has 0 spiro atoms. The Morgan fingerprint density at radius 1 is 1.00 bits per heavy atom. The number of carbonyl (C=O) groups is 1. The first-order chi connectivity index (χ1) is 9.56. The summed E-state index contributed by atoms with van der Waals surface area (Å²) in [5.41, 5.74) is 2.84. The number of carbonyl (C=O) groups excluding carboxylic acids is 1. The summed E-state index contributed by atoms with van der Waals surface area (Å²) >= 11 is 5.84. The smallest absolute Gasteiger partial charge is 0.194 e. The van der Waals surface area contributed by atoms with Crippen LogP contribution in [0.5, 0.6) is 0 Å². The third kappa shape index (κ3) is 2.22. The van der Waals surface area contributed by atoms with Gasteiger partial charge in [0.05, 0.1) is 5.02 Å². The van der Waals surface area contributed by atoms with E-state index in [-0.39, 0.29) is 16.4 Å². The Balaban J connectivity index is 2.03. The zero-order chi connectivity index (χ0) is 14.3. The van der Waals surface area contributed by atoms with Gasteiger partial charge in [-0.05, 0) is 48.6 Å². The number of hydrogen-bond acceptors (Lipinski definition) is 1. The Kier molecular flexibility index (Phi) is 3.30. The Bertz CT molecular complexity index is 710. The Labute approximate surface area is 120 Å². The molecule has 0 radical (unpaired) electrons. The summed E-state index contributed by atoms with van der Waals surface area (Å²) in [6.07, 6.45) is 3.05. The van der Waals surface area contributed by atoms with Crippen molar-refractivity contribution in [3.05, 3.63) is 69.2 Å². The summed E-state index contributed by atoms with van der Waals surface area (Å²) in [7, 11) is 0. The monoisotopic (exact) mass is 292 g/mol. The molecule has 0 saturated heterocycles. The predicted molar refractivity (Wildman–Crippen MR) is 73.3 cm³/mol. The second-order valence-electron chi connectivity index (χ2n) is 4.91. The van der Waals surface area contributed by atoms with Gasteiger partial charge in [-0.25, -0.2) is 8.78 Å². The van der Waals surface area contributed by atoms with E-state index in [2.05, 4.69) is 0 Å². The summed E-state index contributed by atoms with van der Waals surface area (Å²) < 4.78 is 26.3. The normalized spacial score (nSPS) is 13.3. The molecule has 1 nitrogen and oxygen atoms in total. The number of hydrogen-bond donors (Lipinski definition) is 0. The van der Waals surface area contributed by atoms with Crippen LogP contribution in [0, 0.1) is 11.6 Å². The van der Waals surface area contributed by atoms with Gasteiger partial charge in [0, 0.05) is 11.1 Å². The van der Waals surface area contributed by atoms with Crippen molar-refractivity contribution < 1.29 is 13.6 Å². The Morgan fingerprint density at radius 2 is 1.70 bits per heavy atom. The number of rotatable bonds is 2. The van der Waals surface area contributed by atoms with Gasteiger partial charge in [0.15, 0.2) is 17.4 Å². The van der Waals surface area contributed by atoms with Crippen molar-refractivity contribution in [2.75, 3.05) is 0 Å². The van der Waals surface area contributed by atoms with Gasteiger partial charge in [-0.15, -0.1) is 0 Å². The van der Waals surface area contributed by atoms with Crippen LogP contribution in [0.3, 0.4) is 0 Å². The van der Waals surface area contributed by atoms with Crippen LogP contribution >= 0.6 is 11.6 Å². The van der Waals surface area contributed by atoms with E-state index >= 15 is 0 Å². The zero-order valence-corrected chi connectivity index (χ0v) is 11.3. The summed E-state index contributed by atoms with van der Waals surface area (Å²) in [6.45, 7) is 0. The van der Waals surface area contributed by atoms with Crippen LogP contribution < -0.4 is 0 Å². The molecule has 0 bridgehead atoms. The molecule has 0 amide bonds. The highest BCUT2D eigenvalue weighted by Crippen LogP contribution is 2.26. The minimum Gasteiger partial charge on any atom is -0.289 e. The number of benzene rings is 2. The van der Waals surface area contributed by atoms with Gasteiger partial charge in [0.25, 0.3) is 0 Å². The predicted octanol–water partition coefficient (Wildman–Crippen LogP) is 4.34. The lowest BCUT2D eigenvalue weighted by molar-refractivity contribution is 0.103. The molecule has 0 heterocycles. The third-order valence-corrected chi connectivity index (χ3v) is 3.93. The first kappa shape index (κ1) is 13.3. The average Bonchev–Trinajstić information content (AvgIpc) is 2.89. The van der Waals surface area contributed by atoms with Gasteiger partial charge in [0.2, 0.25) is 0 Å².